The summed E-state index contributed by atoms with van der Waals surface area (Å²) in [5.41, 5.74) is 0.654. The number of imide groups is 1. The number of rotatable bonds is 11. The Kier molecular flexibility index (Phi) is 12.3. The molecule has 0 saturated carbocycles. The minimum absolute atomic E-state index is 0.119. The number of hydrogen-bond acceptors (Lipinski definition) is 8. The lowest BCUT2D eigenvalue weighted by Crippen LogP contribution is -2.57. The van der Waals surface area contributed by atoms with Gasteiger partial charge in [0.25, 0.3) is 5.91 Å². The third-order valence-electron chi connectivity index (χ3n) is 8.96. The van der Waals surface area contributed by atoms with E-state index in [4.69, 9.17) is 9.47 Å². The Morgan fingerprint density at radius 3 is 2.44 bits per heavy atom. The summed E-state index contributed by atoms with van der Waals surface area (Å²) in [6, 6.07) is 2.69. The molecular weight excluding hydrogens is 644 g/mol. The number of piperidine rings is 1. The number of amides is 5. The number of carbonyl (C=O) groups is 6. The highest BCUT2D eigenvalue weighted by molar-refractivity contribution is 6.05. The molecule has 272 valence electrons. The first-order valence-electron chi connectivity index (χ1n) is 17.4. The van der Waals surface area contributed by atoms with E-state index in [2.05, 4.69) is 22.5 Å². The zero-order valence-corrected chi connectivity index (χ0v) is 29.9. The first-order valence-corrected chi connectivity index (χ1v) is 17.4. The van der Waals surface area contributed by atoms with Crippen LogP contribution in [0.25, 0.3) is 0 Å². The fourth-order valence-corrected chi connectivity index (χ4v) is 6.42. The van der Waals surface area contributed by atoms with Crippen LogP contribution in [0.1, 0.15) is 114 Å². The van der Waals surface area contributed by atoms with Gasteiger partial charge in [-0.2, -0.15) is 0 Å². The first kappa shape index (κ1) is 38.4. The molecule has 0 bridgehead atoms. The maximum Gasteiger partial charge on any atom is 0.408 e. The number of benzene rings is 1. The smallest absolute Gasteiger partial charge is 0.408 e. The second-order valence-corrected chi connectivity index (χ2v) is 15.2. The minimum atomic E-state index is -1.12. The van der Waals surface area contributed by atoms with Gasteiger partial charge in [-0.15, -0.1) is 0 Å². The van der Waals surface area contributed by atoms with Crippen molar-refractivity contribution in [2.45, 2.75) is 129 Å². The number of alkyl carbamates (subject to hydrolysis) is 1. The predicted octanol–water partition coefficient (Wildman–Crippen LogP) is 3.76. The lowest BCUT2D eigenvalue weighted by molar-refractivity contribution is -0.150. The summed E-state index contributed by atoms with van der Waals surface area (Å²) in [7, 11) is 0. The van der Waals surface area contributed by atoms with E-state index >= 15 is 0 Å². The highest BCUT2D eigenvalue weighted by Gasteiger charge is 2.46. The quantitative estimate of drug-likeness (QED) is 0.177. The van der Waals surface area contributed by atoms with Crippen LogP contribution in [0.3, 0.4) is 0 Å². The van der Waals surface area contributed by atoms with E-state index in [-0.39, 0.29) is 37.7 Å². The number of fused-ring (bicyclic) bond motifs is 1. The summed E-state index contributed by atoms with van der Waals surface area (Å²) in [5.74, 6) is 3.81. The number of nitrogens with zero attached hydrogens (tertiary/aromatic N) is 2. The fourth-order valence-electron chi connectivity index (χ4n) is 6.42. The van der Waals surface area contributed by atoms with Gasteiger partial charge in [0, 0.05) is 50.1 Å². The Hall–Kier alpha value is -4.44. The maximum absolute atomic E-state index is 13.6. The number of nitrogens with one attached hydrogen (secondary N) is 2. The van der Waals surface area contributed by atoms with Gasteiger partial charge in [0.1, 0.15) is 23.7 Å². The molecule has 1 aromatic carbocycles. The van der Waals surface area contributed by atoms with Crippen LogP contribution < -0.4 is 10.6 Å². The molecule has 13 heteroatoms. The number of aliphatic carboxylic acids is 1. The molecule has 5 amide bonds. The summed E-state index contributed by atoms with van der Waals surface area (Å²) in [4.78, 5) is 78.0. The molecule has 4 rings (SSSR count). The monoisotopic (exact) mass is 694 g/mol. The van der Waals surface area contributed by atoms with Crippen molar-refractivity contribution in [2.75, 3.05) is 13.2 Å². The van der Waals surface area contributed by atoms with E-state index in [1.54, 1.807) is 53.7 Å². The van der Waals surface area contributed by atoms with Crippen molar-refractivity contribution in [1.29, 1.82) is 0 Å². The number of hydrogen-bond donors (Lipinski definition) is 3. The van der Waals surface area contributed by atoms with Crippen molar-refractivity contribution in [3.05, 3.63) is 34.9 Å². The Bertz CT molecular complexity index is 1550. The SMILES string of the molecule is CC(C)(C)OC(=O)N[C@H](C(=O)N1C[C@@H](OCCCCCCC#Cc2cccc3c2CN(C2CCC(=O)NC2=O)C3=O)C[C@H]1C(=O)O)C(C)(C)C. The van der Waals surface area contributed by atoms with Crippen molar-refractivity contribution < 1.29 is 43.3 Å². The first-order chi connectivity index (χ1) is 23.5. The molecule has 0 aliphatic carbocycles. The van der Waals surface area contributed by atoms with E-state index in [0.29, 0.717) is 25.0 Å². The molecule has 0 spiro atoms. The molecule has 13 nitrogen and oxygen atoms in total. The third-order valence-corrected chi connectivity index (χ3v) is 8.96. The number of carbonyl (C=O) groups excluding carboxylic acids is 5. The standard InChI is InChI=1S/C37H50N4O9/c1-36(2,3)30(39-35(48)50-37(4,5)6)33(45)40-21-24(20-28(40)34(46)47)49-19-12-10-8-7-9-11-14-23-15-13-16-25-26(23)22-41(32(25)44)27-17-18-29(42)38-31(27)43/h13,15-16,24,27-28,30H,7-10,12,17-22H2,1-6H3,(H,39,48)(H,46,47)(H,38,42,43)/t24-,27?,28-,30+/m0/s1. The predicted molar refractivity (Wildman–Crippen MR) is 183 cm³/mol. The van der Waals surface area contributed by atoms with Crippen molar-refractivity contribution >= 4 is 35.7 Å². The summed E-state index contributed by atoms with van der Waals surface area (Å²) < 4.78 is 11.4. The zero-order chi connectivity index (χ0) is 36.8. The van der Waals surface area contributed by atoms with E-state index in [0.717, 1.165) is 36.8 Å². The molecule has 2 fully saturated rings. The van der Waals surface area contributed by atoms with Crippen LogP contribution in [0.15, 0.2) is 18.2 Å². The minimum Gasteiger partial charge on any atom is -0.480 e. The second kappa shape index (κ2) is 16.1. The van der Waals surface area contributed by atoms with E-state index in [1.165, 1.54) is 9.80 Å². The molecule has 3 aliphatic heterocycles. The average molecular weight is 695 g/mol. The van der Waals surface area contributed by atoms with Crippen molar-refractivity contribution in [3.8, 4) is 11.8 Å². The van der Waals surface area contributed by atoms with Crippen molar-refractivity contribution in [3.63, 3.8) is 0 Å². The van der Waals surface area contributed by atoms with Gasteiger partial charge in [0.2, 0.25) is 17.7 Å². The normalized spacial score (nSPS) is 21.2. The van der Waals surface area contributed by atoms with E-state index in [9.17, 15) is 33.9 Å². The molecule has 1 unspecified atom stereocenters. The molecule has 3 aliphatic rings. The Balaban J connectivity index is 1.20. The van der Waals surface area contributed by atoms with Crippen LogP contribution in [0.2, 0.25) is 0 Å². The van der Waals surface area contributed by atoms with Gasteiger partial charge < -0.3 is 29.7 Å². The van der Waals surface area contributed by atoms with Crippen molar-refractivity contribution in [2.24, 2.45) is 5.41 Å². The fraction of sp³-hybridized carbons (Fsp3) is 0.622. The number of ether oxygens (including phenoxy) is 2. The van der Waals surface area contributed by atoms with Gasteiger partial charge >= 0.3 is 12.1 Å². The summed E-state index contributed by atoms with van der Waals surface area (Å²) >= 11 is 0. The van der Waals surface area contributed by atoms with Crippen LogP contribution in [-0.2, 0) is 35.2 Å². The molecule has 1 aromatic rings. The Labute approximate surface area is 293 Å². The molecule has 0 aromatic heterocycles. The number of likely N-dealkylation sites (tertiary alicyclic amines) is 1. The van der Waals surface area contributed by atoms with Gasteiger partial charge in [0.05, 0.1) is 6.10 Å². The molecule has 0 radical (unpaired) electrons. The van der Waals surface area contributed by atoms with Gasteiger partial charge in [0.15, 0.2) is 0 Å². The number of carboxylic acids is 1. The van der Waals surface area contributed by atoms with Crippen LogP contribution in [-0.4, -0.2) is 93.6 Å². The number of carboxylic acid groups (broad SMARTS) is 1. The molecular formula is C37H50N4O9. The van der Waals surface area contributed by atoms with Gasteiger partial charge in [-0.25, -0.2) is 9.59 Å². The Morgan fingerprint density at radius 1 is 1.06 bits per heavy atom. The lowest BCUT2D eigenvalue weighted by Gasteiger charge is -2.35. The Morgan fingerprint density at radius 2 is 1.78 bits per heavy atom. The summed E-state index contributed by atoms with van der Waals surface area (Å²) in [5, 5.41) is 14.9. The maximum atomic E-state index is 13.6. The van der Waals surface area contributed by atoms with E-state index in [1.807, 2.05) is 6.07 Å². The van der Waals surface area contributed by atoms with Gasteiger partial charge in [-0.05, 0) is 63.1 Å². The van der Waals surface area contributed by atoms with Gasteiger partial charge in [-0.3, -0.25) is 24.5 Å². The second-order valence-electron chi connectivity index (χ2n) is 15.2. The van der Waals surface area contributed by atoms with Gasteiger partial charge in [-0.1, -0.05) is 51.5 Å². The zero-order valence-electron chi connectivity index (χ0n) is 29.9. The van der Waals surface area contributed by atoms with Crippen molar-refractivity contribution in [1.82, 2.24) is 20.4 Å². The van der Waals surface area contributed by atoms with E-state index < -0.39 is 59.1 Å². The molecule has 3 N–H and O–H groups in total. The van der Waals surface area contributed by atoms with Crippen LogP contribution >= 0.6 is 0 Å². The lowest BCUT2D eigenvalue weighted by atomic mass is 9.85. The van der Waals surface area contributed by atoms with Crippen LogP contribution in [0.5, 0.6) is 0 Å². The highest BCUT2D eigenvalue weighted by Crippen LogP contribution is 2.30. The van der Waals surface area contributed by atoms with Crippen LogP contribution in [0, 0.1) is 17.3 Å². The molecule has 50 heavy (non-hydrogen) atoms. The highest BCUT2D eigenvalue weighted by atomic mass is 16.6. The molecule has 3 heterocycles. The third kappa shape index (κ3) is 9.84. The largest absolute Gasteiger partial charge is 0.480 e. The summed E-state index contributed by atoms with van der Waals surface area (Å²) in [6.07, 6.45) is 3.62. The number of unbranched alkanes of at least 4 members (excludes halogenated alkanes) is 4. The summed E-state index contributed by atoms with van der Waals surface area (Å²) in [6.45, 7) is 11.4. The topological polar surface area (TPSA) is 172 Å². The molecule has 4 atom stereocenters. The molecule has 2 saturated heterocycles. The average Bonchev–Trinajstić information content (AvgIpc) is 3.59. The van der Waals surface area contributed by atoms with Crippen LogP contribution in [0.4, 0.5) is 4.79 Å².